The Hall–Kier alpha value is -1.39. The summed E-state index contributed by atoms with van der Waals surface area (Å²) in [7, 11) is 1.43. The summed E-state index contributed by atoms with van der Waals surface area (Å²) in [5.41, 5.74) is 1.74. The smallest absolute Gasteiger partial charge is 0.338 e. The second kappa shape index (κ2) is 7.41. The third-order valence-electron chi connectivity index (χ3n) is 3.89. The van der Waals surface area contributed by atoms with Gasteiger partial charge in [-0.1, -0.05) is 31.5 Å². The molecule has 4 nitrogen and oxygen atoms in total. The second-order valence-electron chi connectivity index (χ2n) is 5.27. The standard InChI is InChI=1S/C16H24N2O2/c1-3-6-14-11-17-9-10-18(14)12-13-7-4-5-8-15(13)16(19)20-2/h4-5,7-8,14,17H,3,6,9-12H2,1-2H3/t14-/m1/s1. The molecular weight excluding hydrogens is 252 g/mol. The number of nitrogens with zero attached hydrogens (tertiary/aromatic N) is 1. The van der Waals surface area contributed by atoms with Crippen molar-refractivity contribution in [3.63, 3.8) is 0 Å². The Balaban J connectivity index is 2.13. The summed E-state index contributed by atoms with van der Waals surface area (Å²) in [6.07, 6.45) is 2.37. The number of benzene rings is 1. The Kier molecular flexibility index (Phi) is 5.56. The molecule has 1 heterocycles. The van der Waals surface area contributed by atoms with Gasteiger partial charge < -0.3 is 10.1 Å². The molecule has 1 aliphatic rings. The average molecular weight is 276 g/mol. The average Bonchev–Trinajstić information content (AvgIpc) is 2.49. The molecule has 0 amide bonds. The molecule has 110 valence electrons. The first-order valence-corrected chi connectivity index (χ1v) is 7.37. The first-order chi connectivity index (χ1) is 9.76. The number of hydrogen-bond acceptors (Lipinski definition) is 4. The molecule has 1 aliphatic heterocycles. The van der Waals surface area contributed by atoms with Crippen LogP contribution in [0.4, 0.5) is 0 Å². The highest BCUT2D eigenvalue weighted by atomic mass is 16.5. The van der Waals surface area contributed by atoms with Crippen LogP contribution in [0.5, 0.6) is 0 Å². The summed E-state index contributed by atoms with van der Waals surface area (Å²) in [5.74, 6) is -0.247. The van der Waals surface area contributed by atoms with Crippen LogP contribution >= 0.6 is 0 Å². The molecule has 4 heteroatoms. The Bertz CT molecular complexity index is 446. The van der Waals surface area contributed by atoms with Crippen LogP contribution in [0, 0.1) is 0 Å². The fraction of sp³-hybridized carbons (Fsp3) is 0.562. The highest BCUT2D eigenvalue weighted by Gasteiger charge is 2.23. The number of carbonyl (C=O) groups excluding carboxylic acids is 1. The van der Waals surface area contributed by atoms with Crippen LogP contribution in [-0.4, -0.2) is 43.7 Å². The van der Waals surface area contributed by atoms with Crippen LogP contribution in [0.25, 0.3) is 0 Å². The van der Waals surface area contributed by atoms with E-state index in [2.05, 4.69) is 17.1 Å². The molecule has 1 aromatic rings. The molecule has 0 unspecified atom stereocenters. The molecule has 0 spiro atoms. The van der Waals surface area contributed by atoms with E-state index in [4.69, 9.17) is 4.74 Å². The van der Waals surface area contributed by atoms with Crippen LogP contribution in [0.2, 0.25) is 0 Å². The molecule has 1 fully saturated rings. The maximum atomic E-state index is 11.8. The minimum Gasteiger partial charge on any atom is -0.465 e. The third kappa shape index (κ3) is 3.58. The highest BCUT2D eigenvalue weighted by Crippen LogP contribution is 2.17. The summed E-state index contributed by atoms with van der Waals surface area (Å²) in [5, 5.41) is 3.45. The summed E-state index contributed by atoms with van der Waals surface area (Å²) < 4.78 is 4.87. The number of methoxy groups -OCH3 is 1. The minimum atomic E-state index is -0.247. The minimum absolute atomic E-state index is 0.247. The lowest BCUT2D eigenvalue weighted by Gasteiger charge is -2.36. The molecule has 20 heavy (non-hydrogen) atoms. The van der Waals surface area contributed by atoms with Crippen molar-refractivity contribution < 1.29 is 9.53 Å². The Labute approximate surface area is 121 Å². The number of carbonyl (C=O) groups is 1. The van der Waals surface area contributed by atoms with Gasteiger partial charge in [-0.05, 0) is 18.1 Å². The SMILES string of the molecule is CCC[C@@H]1CNCCN1Cc1ccccc1C(=O)OC. The first-order valence-electron chi connectivity index (χ1n) is 7.37. The zero-order valence-electron chi connectivity index (χ0n) is 12.4. The lowest BCUT2D eigenvalue weighted by atomic mass is 10.0. The van der Waals surface area contributed by atoms with Gasteiger partial charge in [-0.2, -0.15) is 0 Å². The van der Waals surface area contributed by atoms with Crippen molar-refractivity contribution >= 4 is 5.97 Å². The van der Waals surface area contributed by atoms with Gasteiger partial charge in [-0.15, -0.1) is 0 Å². The van der Waals surface area contributed by atoms with Crippen molar-refractivity contribution in [1.29, 1.82) is 0 Å². The number of piperazine rings is 1. The predicted octanol–water partition coefficient (Wildman–Crippen LogP) is 2.05. The van der Waals surface area contributed by atoms with Crippen LogP contribution in [0.3, 0.4) is 0 Å². The van der Waals surface area contributed by atoms with Gasteiger partial charge in [0.05, 0.1) is 12.7 Å². The van der Waals surface area contributed by atoms with E-state index in [-0.39, 0.29) is 5.97 Å². The van der Waals surface area contributed by atoms with Crippen LogP contribution in [0.15, 0.2) is 24.3 Å². The largest absolute Gasteiger partial charge is 0.465 e. The number of ether oxygens (including phenoxy) is 1. The number of rotatable bonds is 5. The van der Waals surface area contributed by atoms with E-state index in [0.29, 0.717) is 11.6 Å². The Morgan fingerprint density at radius 2 is 2.25 bits per heavy atom. The van der Waals surface area contributed by atoms with Gasteiger partial charge in [-0.3, -0.25) is 4.90 Å². The van der Waals surface area contributed by atoms with E-state index in [9.17, 15) is 4.79 Å². The van der Waals surface area contributed by atoms with Gasteiger partial charge in [0.25, 0.3) is 0 Å². The molecule has 0 aliphatic carbocycles. The van der Waals surface area contributed by atoms with E-state index in [0.717, 1.165) is 31.7 Å². The van der Waals surface area contributed by atoms with Gasteiger partial charge in [0.1, 0.15) is 0 Å². The molecule has 0 bridgehead atoms. The molecular formula is C16H24N2O2. The molecule has 1 N–H and O–H groups in total. The lowest BCUT2D eigenvalue weighted by molar-refractivity contribution is 0.0596. The maximum absolute atomic E-state index is 11.8. The second-order valence-corrected chi connectivity index (χ2v) is 5.27. The molecule has 0 aromatic heterocycles. The van der Waals surface area contributed by atoms with Crippen LogP contribution < -0.4 is 5.32 Å². The fourth-order valence-corrected chi connectivity index (χ4v) is 2.82. The van der Waals surface area contributed by atoms with Crippen molar-refractivity contribution in [3.05, 3.63) is 35.4 Å². The van der Waals surface area contributed by atoms with Crippen molar-refractivity contribution in [2.75, 3.05) is 26.7 Å². The van der Waals surface area contributed by atoms with Gasteiger partial charge in [0.15, 0.2) is 0 Å². The van der Waals surface area contributed by atoms with Crippen LogP contribution in [0.1, 0.15) is 35.7 Å². The predicted molar refractivity (Wildman–Crippen MR) is 79.8 cm³/mol. The van der Waals surface area contributed by atoms with Crippen molar-refractivity contribution in [1.82, 2.24) is 10.2 Å². The molecule has 2 rings (SSSR count). The normalized spacial score (nSPS) is 19.8. The van der Waals surface area contributed by atoms with Crippen molar-refractivity contribution in [3.8, 4) is 0 Å². The number of nitrogens with one attached hydrogen (secondary N) is 1. The quantitative estimate of drug-likeness (QED) is 0.836. The molecule has 0 saturated carbocycles. The summed E-state index contributed by atoms with van der Waals surface area (Å²) >= 11 is 0. The monoisotopic (exact) mass is 276 g/mol. The number of esters is 1. The van der Waals surface area contributed by atoms with Gasteiger partial charge in [-0.25, -0.2) is 4.79 Å². The highest BCUT2D eigenvalue weighted by molar-refractivity contribution is 5.90. The van der Waals surface area contributed by atoms with Gasteiger partial charge >= 0.3 is 5.97 Å². The van der Waals surface area contributed by atoms with Gasteiger partial charge in [0, 0.05) is 32.2 Å². The van der Waals surface area contributed by atoms with E-state index < -0.39 is 0 Å². The Morgan fingerprint density at radius 1 is 1.45 bits per heavy atom. The molecule has 0 radical (unpaired) electrons. The molecule has 1 atom stereocenters. The topological polar surface area (TPSA) is 41.6 Å². The molecule has 1 saturated heterocycles. The third-order valence-corrected chi connectivity index (χ3v) is 3.89. The Morgan fingerprint density at radius 3 is 3.00 bits per heavy atom. The van der Waals surface area contributed by atoms with Gasteiger partial charge in [0.2, 0.25) is 0 Å². The van der Waals surface area contributed by atoms with E-state index in [1.165, 1.54) is 20.0 Å². The summed E-state index contributed by atoms with van der Waals surface area (Å²) in [6.45, 7) is 6.11. The fourth-order valence-electron chi connectivity index (χ4n) is 2.82. The lowest BCUT2D eigenvalue weighted by Crippen LogP contribution is -2.50. The zero-order chi connectivity index (χ0) is 14.4. The first kappa shape index (κ1) is 15.0. The van der Waals surface area contributed by atoms with E-state index in [1.54, 1.807) is 0 Å². The van der Waals surface area contributed by atoms with Crippen molar-refractivity contribution in [2.24, 2.45) is 0 Å². The maximum Gasteiger partial charge on any atom is 0.338 e. The zero-order valence-corrected chi connectivity index (χ0v) is 12.4. The summed E-state index contributed by atoms with van der Waals surface area (Å²) in [6, 6.07) is 8.30. The summed E-state index contributed by atoms with van der Waals surface area (Å²) in [4.78, 5) is 14.3. The van der Waals surface area contributed by atoms with Crippen molar-refractivity contribution in [2.45, 2.75) is 32.4 Å². The van der Waals surface area contributed by atoms with E-state index in [1.807, 2.05) is 24.3 Å². The molecule has 1 aromatic carbocycles. The van der Waals surface area contributed by atoms with Crippen LogP contribution in [-0.2, 0) is 11.3 Å². The van der Waals surface area contributed by atoms with E-state index >= 15 is 0 Å². The number of hydrogen-bond donors (Lipinski definition) is 1.